The van der Waals surface area contributed by atoms with Crippen LogP contribution < -0.4 is 21.1 Å². The van der Waals surface area contributed by atoms with Crippen LogP contribution in [0.15, 0.2) is 158 Å². The fraction of sp³-hybridized carbons (Fsp3) is 0.0800. The minimum atomic E-state index is -0.156. The standard InChI is InChI=1S/C50H36BN2S/c1-30-25-38(47-45(26-30)53-44-29-33-16-8-7-15-32(33)27-40(44)50(2,3)39-19-12-20-41(51-47)48(39)53)35-24-23-34(31-13-5-4-6-14-31)28-43(35)52-42-21-11-18-37-36-17-9-10-22-46(36)54-49(37)42/h4-29,52H,1-3H3. The molecular formula is C50H36BN2S. The monoisotopic (exact) mass is 707 g/mol. The second-order valence-corrected chi connectivity index (χ2v) is 16.4. The number of nitrogens with zero attached hydrogens (tertiary/aromatic N) is 1. The van der Waals surface area contributed by atoms with Crippen LogP contribution in [-0.2, 0) is 5.41 Å². The number of thiophene rings is 1. The zero-order valence-electron chi connectivity index (χ0n) is 30.4. The highest BCUT2D eigenvalue weighted by Gasteiger charge is 2.41. The fourth-order valence-electron chi connectivity index (χ4n) is 9.04. The molecule has 0 unspecified atom stereocenters. The van der Waals surface area contributed by atoms with Gasteiger partial charge >= 0.3 is 0 Å². The van der Waals surface area contributed by atoms with Crippen LogP contribution in [0, 0.1) is 6.92 Å². The van der Waals surface area contributed by atoms with E-state index in [1.807, 2.05) is 11.3 Å². The topological polar surface area (TPSA) is 15.3 Å². The first kappa shape index (κ1) is 31.4. The average Bonchev–Trinajstić information content (AvgIpc) is 3.59. The van der Waals surface area contributed by atoms with Crippen LogP contribution in [0.2, 0.25) is 0 Å². The van der Waals surface area contributed by atoms with Gasteiger partial charge in [0.2, 0.25) is 0 Å². The van der Waals surface area contributed by atoms with Crippen LogP contribution in [0.4, 0.5) is 28.4 Å². The van der Waals surface area contributed by atoms with Crippen molar-refractivity contribution in [1.82, 2.24) is 0 Å². The van der Waals surface area contributed by atoms with Crippen molar-refractivity contribution in [2.75, 3.05) is 10.2 Å². The molecular weight excluding hydrogens is 671 g/mol. The van der Waals surface area contributed by atoms with Crippen molar-refractivity contribution in [2.45, 2.75) is 26.2 Å². The predicted molar refractivity (Wildman–Crippen MR) is 234 cm³/mol. The zero-order valence-corrected chi connectivity index (χ0v) is 31.3. The van der Waals surface area contributed by atoms with Gasteiger partial charge in [0.05, 0.1) is 16.1 Å². The van der Waals surface area contributed by atoms with Gasteiger partial charge in [0.1, 0.15) is 0 Å². The Labute approximate surface area is 320 Å². The summed E-state index contributed by atoms with van der Waals surface area (Å²) >= 11 is 1.86. The first-order valence-corrected chi connectivity index (χ1v) is 19.6. The molecule has 0 atom stereocenters. The number of para-hydroxylation sites is 1. The van der Waals surface area contributed by atoms with Gasteiger partial charge in [0.15, 0.2) is 7.28 Å². The van der Waals surface area contributed by atoms with E-state index >= 15 is 0 Å². The molecule has 2 aliphatic rings. The maximum Gasteiger partial charge on any atom is 0.197 e. The van der Waals surface area contributed by atoms with Crippen molar-refractivity contribution < 1.29 is 0 Å². The second-order valence-electron chi connectivity index (χ2n) is 15.3. The Bertz CT molecular complexity index is 2990. The summed E-state index contributed by atoms with van der Waals surface area (Å²) in [6, 6.07) is 58.3. The molecule has 0 saturated heterocycles. The zero-order chi connectivity index (χ0) is 36.1. The van der Waals surface area contributed by atoms with Gasteiger partial charge < -0.3 is 10.2 Å². The lowest BCUT2D eigenvalue weighted by Gasteiger charge is -2.46. The minimum absolute atomic E-state index is 0.156. The molecule has 0 fully saturated rings. The van der Waals surface area contributed by atoms with Crippen molar-refractivity contribution in [1.29, 1.82) is 0 Å². The molecule has 1 N–H and O–H groups in total. The highest BCUT2D eigenvalue weighted by atomic mass is 32.1. The molecule has 0 bridgehead atoms. The highest BCUT2D eigenvalue weighted by Crippen LogP contribution is 2.53. The van der Waals surface area contributed by atoms with Crippen molar-refractivity contribution >= 4 is 88.9 Å². The van der Waals surface area contributed by atoms with Crippen LogP contribution in [0.3, 0.4) is 0 Å². The Morgan fingerprint density at radius 2 is 1.33 bits per heavy atom. The van der Waals surface area contributed by atoms with E-state index in [0.29, 0.717) is 0 Å². The van der Waals surface area contributed by atoms with Crippen molar-refractivity contribution in [3.63, 3.8) is 0 Å². The second kappa shape index (κ2) is 11.7. The molecule has 2 aliphatic heterocycles. The van der Waals surface area contributed by atoms with Crippen LogP contribution >= 0.6 is 11.3 Å². The van der Waals surface area contributed by atoms with Gasteiger partial charge in [-0.2, -0.15) is 0 Å². The molecule has 9 aromatic rings. The smallest absolute Gasteiger partial charge is 0.197 e. The van der Waals surface area contributed by atoms with Gasteiger partial charge in [0.25, 0.3) is 0 Å². The van der Waals surface area contributed by atoms with Gasteiger partial charge in [-0.05, 0) is 92.9 Å². The molecule has 3 heterocycles. The fourth-order valence-corrected chi connectivity index (χ4v) is 10.2. The first-order chi connectivity index (χ1) is 26.4. The molecule has 8 aromatic carbocycles. The molecule has 11 rings (SSSR count). The molecule has 1 radical (unpaired) electrons. The van der Waals surface area contributed by atoms with E-state index in [0.717, 1.165) is 11.4 Å². The molecule has 54 heavy (non-hydrogen) atoms. The summed E-state index contributed by atoms with van der Waals surface area (Å²) in [6.45, 7) is 7.01. The third-order valence-electron chi connectivity index (χ3n) is 11.7. The maximum absolute atomic E-state index is 4.01. The first-order valence-electron chi connectivity index (χ1n) is 18.8. The lowest BCUT2D eigenvalue weighted by molar-refractivity contribution is 0.633. The Kier molecular flexibility index (Phi) is 6.81. The molecule has 0 saturated carbocycles. The Balaban J connectivity index is 1.15. The summed E-state index contributed by atoms with van der Waals surface area (Å²) < 4.78 is 2.58. The van der Waals surface area contributed by atoms with E-state index in [9.17, 15) is 0 Å². The van der Waals surface area contributed by atoms with E-state index in [1.54, 1.807) is 0 Å². The Hall–Kier alpha value is -6.10. The molecule has 0 spiro atoms. The van der Waals surface area contributed by atoms with Crippen LogP contribution in [-0.4, -0.2) is 7.28 Å². The molecule has 255 valence electrons. The summed E-state index contributed by atoms with van der Waals surface area (Å²) in [5.41, 5.74) is 17.1. The van der Waals surface area contributed by atoms with Gasteiger partial charge in [-0.15, -0.1) is 11.3 Å². The van der Waals surface area contributed by atoms with E-state index in [2.05, 4.69) is 196 Å². The largest absolute Gasteiger partial charge is 0.354 e. The number of fused-ring (bicyclic) bond motifs is 8. The quantitative estimate of drug-likeness (QED) is 0.183. The third-order valence-corrected chi connectivity index (χ3v) is 12.9. The van der Waals surface area contributed by atoms with Gasteiger partial charge in [-0.25, -0.2) is 0 Å². The minimum Gasteiger partial charge on any atom is -0.354 e. The van der Waals surface area contributed by atoms with E-state index in [-0.39, 0.29) is 5.41 Å². The number of hydrogen-bond donors (Lipinski definition) is 1. The normalized spacial score (nSPS) is 13.7. The summed E-state index contributed by atoms with van der Waals surface area (Å²) in [6.07, 6.45) is 0. The number of nitrogens with one attached hydrogen (secondary N) is 1. The lowest BCUT2D eigenvalue weighted by Crippen LogP contribution is -2.45. The van der Waals surface area contributed by atoms with Crippen molar-refractivity contribution in [3.05, 3.63) is 174 Å². The highest BCUT2D eigenvalue weighted by molar-refractivity contribution is 7.26. The summed E-state index contributed by atoms with van der Waals surface area (Å²) in [5, 5.41) is 9.13. The van der Waals surface area contributed by atoms with E-state index in [1.165, 1.54) is 97.9 Å². The summed E-state index contributed by atoms with van der Waals surface area (Å²) in [4.78, 5) is 2.56. The van der Waals surface area contributed by atoms with E-state index < -0.39 is 0 Å². The van der Waals surface area contributed by atoms with Crippen LogP contribution in [0.5, 0.6) is 0 Å². The molecule has 0 aliphatic carbocycles. The SMILES string of the molecule is Cc1cc(-c2ccc(-c3ccccc3)cc2Nc2cccc3c2sc2ccccc23)c2c(c1)N1c3cc4ccccc4cc3C(C)(C)c3cccc(c31)[B]2. The summed E-state index contributed by atoms with van der Waals surface area (Å²) in [7, 11) is 2.43. The van der Waals surface area contributed by atoms with E-state index in [4.69, 9.17) is 0 Å². The van der Waals surface area contributed by atoms with Crippen molar-refractivity contribution in [2.24, 2.45) is 0 Å². The molecule has 4 heteroatoms. The molecule has 1 aromatic heterocycles. The van der Waals surface area contributed by atoms with Gasteiger partial charge in [0, 0.05) is 43.5 Å². The van der Waals surface area contributed by atoms with Gasteiger partial charge in [-0.3, -0.25) is 0 Å². The molecule has 2 nitrogen and oxygen atoms in total. The number of aryl methyl sites for hydroxylation is 1. The number of anilines is 5. The summed E-state index contributed by atoms with van der Waals surface area (Å²) in [5.74, 6) is 0. The molecule has 0 amide bonds. The Morgan fingerprint density at radius 3 is 2.20 bits per heavy atom. The predicted octanol–water partition coefficient (Wildman–Crippen LogP) is 12.7. The van der Waals surface area contributed by atoms with Crippen molar-refractivity contribution in [3.8, 4) is 22.3 Å². The maximum atomic E-state index is 4.01. The lowest BCUT2D eigenvalue weighted by atomic mass is 9.55. The number of benzene rings is 8. The average molecular weight is 708 g/mol. The van der Waals surface area contributed by atoms with Gasteiger partial charge in [-0.1, -0.05) is 141 Å². The third kappa shape index (κ3) is 4.66. The van der Waals surface area contributed by atoms with Crippen LogP contribution in [0.1, 0.15) is 30.5 Å². The Morgan fingerprint density at radius 1 is 0.574 bits per heavy atom. The number of hydrogen-bond acceptors (Lipinski definition) is 3. The van der Waals surface area contributed by atoms with Crippen LogP contribution in [0.25, 0.3) is 53.2 Å². The number of rotatable bonds is 4.